The van der Waals surface area contributed by atoms with Crippen LogP contribution >= 0.6 is 0 Å². The first-order valence-electron chi connectivity index (χ1n) is 5.76. The number of aryl methyl sites for hydroxylation is 1. The number of aliphatic hydroxyl groups excluding tert-OH is 1. The van der Waals surface area contributed by atoms with Gasteiger partial charge in [-0.2, -0.15) is 0 Å². The Bertz CT molecular complexity index is 661. The summed E-state index contributed by atoms with van der Waals surface area (Å²) < 4.78 is 31.3. The second kappa shape index (κ2) is 5.56. The van der Waals surface area contributed by atoms with E-state index in [9.17, 15) is 8.42 Å². The van der Waals surface area contributed by atoms with Crippen molar-refractivity contribution >= 4 is 10.0 Å². The first kappa shape index (κ1) is 13.8. The second-order valence-corrected chi connectivity index (χ2v) is 5.89. The van der Waals surface area contributed by atoms with Crippen LogP contribution in [0.5, 0.6) is 0 Å². The fourth-order valence-corrected chi connectivity index (χ4v) is 2.62. The molecule has 0 spiro atoms. The summed E-state index contributed by atoms with van der Waals surface area (Å²) in [6.07, 6.45) is 0. The van der Waals surface area contributed by atoms with Gasteiger partial charge in [0.1, 0.15) is 12.4 Å². The number of nitrogens with one attached hydrogen (secondary N) is 1. The highest BCUT2D eigenvalue weighted by Crippen LogP contribution is 2.14. The first-order valence-corrected chi connectivity index (χ1v) is 7.24. The van der Waals surface area contributed by atoms with Crippen LogP contribution in [0.3, 0.4) is 0 Å². The Kier molecular flexibility index (Phi) is 4.04. The number of furan rings is 1. The Morgan fingerprint density at radius 1 is 1.26 bits per heavy atom. The third-order valence-electron chi connectivity index (χ3n) is 2.61. The number of rotatable bonds is 5. The summed E-state index contributed by atoms with van der Waals surface area (Å²) in [6.45, 7) is 1.81. The van der Waals surface area contributed by atoms with E-state index in [1.165, 1.54) is 12.1 Å². The smallest absolute Gasteiger partial charge is 0.274 e. The molecule has 2 aromatic rings. The van der Waals surface area contributed by atoms with Crippen LogP contribution in [0.1, 0.15) is 16.9 Å². The molecule has 0 unspecified atom stereocenters. The van der Waals surface area contributed by atoms with Crippen LogP contribution in [-0.4, -0.2) is 13.5 Å². The SMILES string of the molecule is Cc1cccc(CNS(=O)(=O)c2ccc(CO)o2)c1. The van der Waals surface area contributed by atoms with Crippen molar-refractivity contribution in [3.05, 3.63) is 53.3 Å². The molecule has 0 aliphatic heterocycles. The van der Waals surface area contributed by atoms with Crippen molar-refractivity contribution in [1.82, 2.24) is 4.72 Å². The van der Waals surface area contributed by atoms with Crippen molar-refractivity contribution in [2.45, 2.75) is 25.2 Å². The molecule has 6 heteroatoms. The van der Waals surface area contributed by atoms with E-state index in [1.807, 2.05) is 31.2 Å². The number of aliphatic hydroxyl groups is 1. The molecule has 0 saturated carbocycles. The van der Waals surface area contributed by atoms with Gasteiger partial charge in [0.15, 0.2) is 0 Å². The Morgan fingerprint density at radius 3 is 2.68 bits per heavy atom. The van der Waals surface area contributed by atoms with E-state index in [0.717, 1.165) is 11.1 Å². The van der Waals surface area contributed by atoms with Crippen molar-refractivity contribution in [3.63, 3.8) is 0 Å². The van der Waals surface area contributed by atoms with E-state index in [1.54, 1.807) is 0 Å². The van der Waals surface area contributed by atoms with Gasteiger partial charge in [0.05, 0.1) is 0 Å². The van der Waals surface area contributed by atoms with Gasteiger partial charge < -0.3 is 9.52 Å². The molecular weight excluding hydrogens is 266 g/mol. The molecule has 1 aromatic carbocycles. The predicted molar refractivity (Wildman–Crippen MR) is 69.8 cm³/mol. The minimum absolute atomic E-state index is 0.191. The lowest BCUT2D eigenvalue weighted by molar-refractivity contribution is 0.236. The number of benzene rings is 1. The standard InChI is InChI=1S/C13H15NO4S/c1-10-3-2-4-11(7-10)8-14-19(16,17)13-6-5-12(9-15)18-13/h2-7,14-15H,8-9H2,1H3. The average molecular weight is 281 g/mol. The maximum atomic E-state index is 11.9. The average Bonchev–Trinajstić information content (AvgIpc) is 2.86. The van der Waals surface area contributed by atoms with Crippen LogP contribution < -0.4 is 4.72 Å². The van der Waals surface area contributed by atoms with Crippen molar-refractivity contribution in [2.75, 3.05) is 0 Å². The Balaban J connectivity index is 2.09. The third-order valence-corrected chi connectivity index (χ3v) is 3.88. The van der Waals surface area contributed by atoms with E-state index in [4.69, 9.17) is 9.52 Å². The van der Waals surface area contributed by atoms with E-state index >= 15 is 0 Å². The molecule has 2 rings (SSSR count). The summed E-state index contributed by atoms with van der Waals surface area (Å²) in [7, 11) is -3.69. The van der Waals surface area contributed by atoms with Crippen molar-refractivity contribution in [3.8, 4) is 0 Å². The molecule has 5 nitrogen and oxygen atoms in total. The van der Waals surface area contributed by atoms with E-state index < -0.39 is 10.0 Å². The molecule has 0 amide bonds. The van der Waals surface area contributed by atoms with Gasteiger partial charge in [0.2, 0.25) is 5.09 Å². The second-order valence-electron chi connectivity index (χ2n) is 4.19. The normalized spacial score (nSPS) is 11.7. The summed E-state index contributed by atoms with van der Waals surface area (Å²) in [5, 5.41) is 8.66. The van der Waals surface area contributed by atoms with Crippen LogP contribution in [0, 0.1) is 6.92 Å². The van der Waals surface area contributed by atoms with Gasteiger partial charge in [-0.3, -0.25) is 0 Å². The van der Waals surface area contributed by atoms with Crippen molar-refractivity contribution in [2.24, 2.45) is 0 Å². The van der Waals surface area contributed by atoms with Crippen LogP contribution in [0.15, 0.2) is 45.9 Å². The lowest BCUT2D eigenvalue weighted by atomic mass is 10.1. The van der Waals surface area contributed by atoms with Gasteiger partial charge in [-0.05, 0) is 24.6 Å². The largest absolute Gasteiger partial charge is 0.446 e. The van der Waals surface area contributed by atoms with E-state index in [-0.39, 0.29) is 24.0 Å². The van der Waals surface area contributed by atoms with Gasteiger partial charge in [-0.1, -0.05) is 29.8 Å². The maximum Gasteiger partial charge on any atom is 0.274 e. The number of hydrogen-bond donors (Lipinski definition) is 2. The Hall–Kier alpha value is -1.63. The van der Waals surface area contributed by atoms with Crippen LogP contribution in [0.25, 0.3) is 0 Å². The lowest BCUT2D eigenvalue weighted by Crippen LogP contribution is -2.22. The molecule has 0 saturated heterocycles. The van der Waals surface area contributed by atoms with E-state index in [2.05, 4.69) is 4.72 Å². The summed E-state index contributed by atoms with van der Waals surface area (Å²) in [5.41, 5.74) is 1.94. The summed E-state index contributed by atoms with van der Waals surface area (Å²) in [6, 6.07) is 10.3. The highest BCUT2D eigenvalue weighted by atomic mass is 32.2. The monoisotopic (exact) mass is 281 g/mol. The highest BCUT2D eigenvalue weighted by Gasteiger charge is 2.18. The van der Waals surface area contributed by atoms with Crippen LogP contribution in [0.4, 0.5) is 0 Å². The van der Waals surface area contributed by atoms with Crippen LogP contribution in [0.2, 0.25) is 0 Å². The molecule has 0 fully saturated rings. The zero-order valence-electron chi connectivity index (χ0n) is 10.5. The fraction of sp³-hybridized carbons (Fsp3) is 0.231. The van der Waals surface area contributed by atoms with Crippen molar-refractivity contribution in [1.29, 1.82) is 0 Å². The summed E-state index contributed by atoms with van der Waals surface area (Å²) in [5.74, 6) is 0.218. The van der Waals surface area contributed by atoms with Crippen molar-refractivity contribution < 1.29 is 17.9 Å². The zero-order valence-corrected chi connectivity index (χ0v) is 11.3. The number of sulfonamides is 1. The molecule has 0 radical (unpaired) electrons. The number of hydrogen-bond acceptors (Lipinski definition) is 4. The molecule has 0 bridgehead atoms. The molecular formula is C13H15NO4S. The molecule has 0 aliphatic rings. The first-order chi connectivity index (χ1) is 9.01. The van der Waals surface area contributed by atoms with E-state index in [0.29, 0.717) is 0 Å². The molecule has 0 atom stereocenters. The predicted octanol–water partition coefficient (Wildman–Crippen LogP) is 1.56. The van der Waals surface area contributed by atoms with Gasteiger partial charge >= 0.3 is 0 Å². The Morgan fingerprint density at radius 2 is 2.05 bits per heavy atom. The highest BCUT2D eigenvalue weighted by molar-refractivity contribution is 7.89. The minimum atomic E-state index is -3.69. The van der Waals surface area contributed by atoms with Crippen LogP contribution in [-0.2, 0) is 23.2 Å². The Labute approximate surface area is 111 Å². The molecule has 1 heterocycles. The molecule has 102 valence electrons. The summed E-state index contributed by atoms with van der Waals surface area (Å²) in [4.78, 5) is 0. The van der Waals surface area contributed by atoms with Gasteiger partial charge in [-0.15, -0.1) is 0 Å². The molecule has 2 N–H and O–H groups in total. The summed E-state index contributed by atoms with van der Waals surface area (Å²) >= 11 is 0. The van der Waals surface area contributed by atoms with Gasteiger partial charge in [-0.25, -0.2) is 13.1 Å². The molecule has 1 aromatic heterocycles. The topological polar surface area (TPSA) is 79.5 Å². The zero-order chi connectivity index (χ0) is 13.9. The quantitative estimate of drug-likeness (QED) is 0.871. The third kappa shape index (κ3) is 3.44. The molecule has 0 aliphatic carbocycles. The van der Waals surface area contributed by atoms with Gasteiger partial charge in [0, 0.05) is 6.54 Å². The maximum absolute atomic E-state index is 11.9. The van der Waals surface area contributed by atoms with Gasteiger partial charge in [0.25, 0.3) is 10.0 Å². The molecule has 19 heavy (non-hydrogen) atoms. The fourth-order valence-electron chi connectivity index (χ4n) is 1.66. The lowest BCUT2D eigenvalue weighted by Gasteiger charge is -2.05. The minimum Gasteiger partial charge on any atom is -0.446 e.